The van der Waals surface area contributed by atoms with Crippen LogP contribution in [0.5, 0.6) is 5.75 Å². The molecule has 9 heteroatoms. The van der Waals surface area contributed by atoms with E-state index in [1.54, 1.807) is 0 Å². The van der Waals surface area contributed by atoms with Gasteiger partial charge in [-0.25, -0.2) is 0 Å². The minimum Gasteiger partial charge on any atom is -0.490 e. The third-order valence-corrected chi connectivity index (χ3v) is 15.8. The van der Waals surface area contributed by atoms with Crippen LogP contribution >= 0.6 is 0 Å². The van der Waals surface area contributed by atoms with Crippen LogP contribution in [0, 0.1) is 47.3 Å². The van der Waals surface area contributed by atoms with Crippen molar-refractivity contribution in [3.8, 4) is 5.75 Å². The molecule has 5 saturated heterocycles. The number of fused-ring (bicyclic) bond motifs is 20. The van der Waals surface area contributed by atoms with Gasteiger partial charge in [-0.1, -0.05) is 71.4 Å². The van der Waals surface area contributed by atoms with Crippen LogP contribution in [0.4, 0.5) is 0 Å². The molecule has 1 aromatic rings. The van der Waals surface area contributed by atoms with Gasteiger partial charge < -0.3 is 4.74 Å². The molecule has 5 aliphatic heterocycles. The summed E-state index contributed by atoms with van der Waals surface area (Å²) in [7, 11) is 0. The van der Waals surface area contributed by atoms with Gasteiger partial charge in [0.2, 0.25) is 0 Å². The van der Waals surface area contributed by atoms with E-state index in [2.05, 4.69) is 87.6 Å². The molecule has 0 amide bonds. The molecule has 282 valence electrons. The van der Waals surface area contributed by atoms with Crippen molar-refractivity contribution in [1.82, 2.24) is 42.5 Å². The molecule has 8 bridgehead atoms. The zero-order valence-electron chi connectivity index (χ0n) is 31.6. The van der Waals surface area contributed by atoms with Gasteiger partial charge in [0.15, 0.2) is 0 Å². The summed E-state index contributed by atoms with van der Waals surface area (Å²) in [4.78, 5) is 0. The molecule has 0 radical (unpaired) electrons. The number of ether oxygens (including phenoxy) is 1. The Kier molecular flexibility index (Phi) is 9.24. The van der Waals surface area contributed by atoms with Crippen molar-refractivity contribution in [3.63, 3.8) is 0 Å². The van der Waals surface area contributed by atoms with Crippen LogP contribution in [0.25, 0.3) is 0 Å². The van der Waals surface area contributed by atoms with Gasteiger partial charge in [0.1, 0.15) is 11.9 Å². The van der Waals surface area contributed by atoms with Crippen molar-refractivity contribution in [1.29, 1.82) is 0 Å². The van der Waals surface area contributed by atoms with Crippen molar-refractivity contribution >= 4 is 0 Å². The number of nitrogens with one attached hydrogen (secondary N) is 8. The third-order valence-electron chi connectivity index (χ3n) is 15.8. The van der Waals surface area contributed by atoms with Crippen molar-refractivity contribution in [2.24, 2.45) is 47.3 Å². The fraction of sp³-hybridized carbons (Fsp3) is 0.857. The van der Waals surface area contributed by atoms with E-state index in [0.717, 1.165) is 12.2 Å². The smallest absolute Gasteiger partial charge is 0.119 e. The zero-order chi connectivity index (χ0) is 34.3. The minimum absolute atomic E-state index is 0.142. The van der Waals surface area contributed by atoms with Crippen LogP contribution in [-0.4, -0.2) is 55.4 Å². The van der Waals surface area contributed by atoms with Crippen LogP contribution in [0.15, 0.2) is 24.3 Å². The molecule has 9 aliphatic rings. The van der Waals surface area contributed by atoms with E-state index in [9.17, 15) is 0 Å². The summed E-state index contributed by atoms with van der Waals surface area (Å²) in [5, 5.41) is 34.1. The molecule has 17 atom stereocenters. The summed E-state index contributed by atoms with van der Waals surface area (Å²) >= 11 is 0. The van der Waals surface area contributed by atoms with E-state index in [1.807, 2.05) is 0 Å². The van der Waals surface area contributed by atoms with Crippen LogP contribution in [-0.2, 0) is 5.41 Å². The Balaban J connectivity index is 0.974. The second kappa shape index (κ2) is 13.8. The summed E-state index contributed by atoms with van der Waals surface area (Å²) in [6.45, 7) is 6.88. The average molecular weight is 701 g/mol. The first kappa shape index (κ1) is 34.2. The Labute approximate surface area is 307 Å². The lowest BCUT2D eigenvalue weighted by molar-refractivity contribution is 0.0424. The predicted molar refractivity (Wildman–Crippen MR) is 202 cm³/mol. The lowest BCUT2D eigenvalue weighted by Gasteiger charge is -2.39. The van der Waals surface area contributed by atoms with Crippen molar-refractivity contribution in [2.45, 2.75) is 178 Å². The van der Waals surface area contributed by atoms with Gasteiger partial charge in [0.05, 0.1) is 49.3 Å². The van der Waals surface area contributed by atoms with E-state index in [0.29, 0.717) is 84.3 Å². The average Bonchev–Trinajstić information content (AvgIpc) is 3.87. The van der Waals surface area contributed by atoms with E-state index in [-0.39, 0.29) is 23.9 Å². The number of rotatable bonds is 2. The fourth-order valence-electron chi connectivity index (χ4n) is 13.3. The summed E-state index contributed by atoms with van der Waals surface area (Å²) < 4.78 is 7.05. The maximum Gasteiger partial charge on any atom is 0.119 e. The lowest BCUT2D eigenvalue weighted by atomic mass is 9.75. The van der Waals surface area contributed by atoms with Crippen molar-refractivity contribution in [3.05, 3.63) is 29.8 Å². The topological polar surface area (TPSA) is 105 Å². The minimum atomic E-state index is 0.142. The summed E-state index contributed by atoms with van der Waals surface area (Å²) in [6, 6.07) is 9.01. The maximum absolute atomic E-state index is 7.05. The van der Waals surface area contributed by atoms with Gasteiger partial charge >= 0.3 is 0 Å². The van der Waals surface area contributed by atoms with Gasteiger partial charge in [-0.2, -0.15) is 0 Å². The zero-order valence-corrected chi connectivity index (χ0v) is 31.6. The molecule has 1 aromatic carbocycles. The van der Waals surface area contributed by atoms with Gasteiger partial charge in [-0.15, -0.1) is 0 Å². The molecule has 51 heavy (non-hydrogen) atoms. The highest BCUT2D eigenvalue weighted by Crippen LogP contribution is 2.46. The highest BCUT2D eigenvalue weighted by atomic mass is 16.5. The second-order valence-electron chi connectivity index (χ2n) is 19.6. The second-order valence-corrected chi connectivity index (χ2v) is 19.6. The van der Waals surface area contributed by atoms with E-state index >= 15 is 0 Å². The van der Waals surface area contributed by atoms with Crippen LogP contribution in [0.1, 0.15) is 123 Å². The Bertz CT molecular complexity index is 1370. The molecule has 8 N–H and O–H groups in total. The van der Waals surface area contributed by atoms with E-state index in [1.165, 1.54) is 95.5 Å². The van der Waals surface area contributed by atoms with Gasteiger partial charge in [-0.3, -0.25) is 42.5 Å². The maximum atomic E-state index is 7.05. The Hall–Kier alpha value is -1.30. The van der Waals surface area contributed by atoms with Gasteiger partial charge in [0.25, 0.3) is 0 Å². The van der Waals surface area contributed by atoms with Crippen LogP contribution < -0.4 is 47.3 Å². The molecular weight excluding hydrogens is 633 g/mol. The number of benzene rings is 1. The molecule has 5 heterocycles. The molecule has 10 rings (SSSR count). The molecule has 9 nitrogen and oxygen atoms in total. The Morgan fingerprint density at radius 2 is 0.745 bits per heavy atom. The Morgan fingerprint density at radius 1 is 0.412 bits per heavy atom. The Morgan fingerprint density at radius 3 is 1.12 bits per heavy atom. The molecular formula is C42H68N8O. The summed E-state index contributed by atoms with van der Waals surface area (Å²) in [5.41, 5.74) is 1.51. The standard InChI is InChI=1S/C42H68N8O/c1-42(2,3)23-19-21-24(22-20-23)51-32-18-10-17-31-33(32)41-49-39-30-16-9-8-15-29(30)37(47-39)45-35-26-12-5-4-11-25(26)34(43-35)44-36-27-13-6-7-14-28(27)38(46-36)48-40(31)50-41/h19-22,25-41,43-50H,4-18H2,1-3H3. The SMILES string of the molecule is CC(C)(C)c1ccc(OC2CCCC3C4NC5NC(NC6NC(NC7NC(NC(N4)C23)C2CCCCC72)C2CCCCC62)C2CCCCC52)cc1. The van der Waals surface area contributed by atoms with Gasteiger partial charge in [-0.05, 0) is 122 Å². The first-order valence-corrected chi connectivity index (χ1v) is 21.7. The highest BCUT2D eigenvalue weighted by molar-refractivity contribution is 5.31. The molecule has 9 fully saturated rings. The summed E-state index contributed by atoms with van der Waals surface area (Å²) in [5.74, 6) is 6.07. The lowest BCUT2D eigenvalue weighted by Crippen LogP contribution is -2.62. The highest BCUT2D eigenvalue weighted by Gasteiger charge is 2.56. The largest absolute Gasteiger partial charge is 0.490 e. The molecule has 4 aliphatic carbocycles. The van der Waals surface area contributed by atoms with E-state index in [4.69, 9.17) is 4.74 Å². The normalized spacial score (nSPS) is 49.4. The number of hydrogen-bond donors (Lipinski definition) is 8. The molecule has 4 saturated carbocycles. The first-order valence-electron chi connectivity index (χ1n) is 21.7. The number of hydrogen-bond acceptors (Lipinski definition) is 9. The van der Waals surface area contributed by atoms with Crippen LogP contribution in [0.3, 0.4) is 0 Å². The van der Waals surface area contributed by atoms with Crippen molar-refractivity contribution < 1.29 is 4.74 Å². The summed E-state index contributed by atoms with van der Waals surface area (Å²) in [6.07, 6.45) is 22.6. The van der Waals surface area contributed by atoms with Crippen molar-refractivity contribution in [2.75, 3.05) is 0 Å². The fourth-order valence-corrected chi connectivity index (χ4v) is 13.3. The molecule has 0 spiro atoms. The first-order chi connectivity index (χ1) is 24.9. The molecule has 0 aromatic heterocycles. The van der Waals surface area contributed by atoms with Gasteiger partial charge in [0, 0.05) is 5.92 Å². The third kappa shape index (κ3) is 6.31. The van der Waals surface area contributed by atoms with Crippen LogP contribution in [0.2, 0.25) is 0 Å². The molecule has 17 unspecified atom stereocenters. The quantitative estimate of drug-likeness (QED) is 0.218. The van der Waals surface area contributed by atoms with E-state index < -0.39 is 0 Å². The predicted octanol–water partition coefficient (Wildman–Crippen LogP) is 4.96. The monoisotopic (exact) mass is 701 g/mol.